The number of nitrogens with one attached hydrogen (secondary N) is 6. The zero-order valence-electron chi connectivity index (χ0n) is 35.7. The normalized spacial score (nSPS) is 11.2. The second-order valence-corrected chi connectivity index (χ2v) is 15.4. The fourth-order valence-corrected chi connectivity index (χ4v) is 7.47. The van der Waals surface area contributed by atoms with Crippen molar-refractivity contribution in [2.24, 2.45) is 28.2 Å². The molecule has 0 spiro atoms. The lowest BCUT2D eigenvalue weighted by Gasteiger charge is -2.21. The highest BCUT2D eigenvalue weighted by atomic mass is 16.6. The van der Waals surface area contributed by atoms with Crippen molar-refractivity contribution in [1.82, 2.24) is 48.4 Å². The number of aromatic amines is 2. The van der Waals surface area contributed by atoms with E-state index < -0.39 is 28.6 Å². The number of imidazole rings is 2. The molecule has 21 nitrogen and oxygen atoms in total. The Balaban J connectivity index is 0.839. The summed E-state index contributed by atoms with van der Waals surface area (Å²) in [6, 6.07) is 22.6. The number of nitrogens with zero attached hydrogens (tertiary/aromatic N) is 8. The number of nitro groups is 1. The third-order valence-electron chi connectivity index (χ3n) is 10.8. The van der Waals surface area contributed by atoms with E-state index in [0.717, 1.165) is 28.1 Å². The molecule has 21 heteroatoms. The minimum Gasteiger partial charge on any atom is -0.351 e. The van der Waals surface area contributed by atoms with Crippen LogP contribution in [0.1, 0.15) is 66.4 Å². The Bertz CT molecular complexity index is 3000. The smallest absolute Gasteiger partial charge is 0.287 e. The van der Waals surface area contributed by atoms with Crippen molar-refractivity contribution in [3.63, 3.8) is 0 Å². The van der Waals surface area contributed by atoms with Crippen molar-refractivity contribution in [3.05, 3.63) is 142 Å². The molecule has 0 fully saturated rings. The van der Waals surface area contributed by atoms with Crippen LogP contribution in [-0.2, 0) is 46.1 Å². The van der Waals surface area contributed by atoms with Gasteiger partial charge < -0.3 is 54.4 Å². The van der Waals surface area contributed by atoms with E-state index in [9.17, 15) is 34.1 Å². The minimum absolute atomic E-state index is 0.0628. The Morgan fingerprint density at radius 2 is 1.15 bits per heavy atom. The van der Waals surface area contributed by atoms with Gasteiger partial charge in [0.15, 0.2) is 0 Å². The van der Waals surface area contributed by atoms with E-state index in [1.54, 1.807) is 44.4 Å². The summed E-state index contributed by atoms with van der Waals surface area (Å²) < 4.78 is 5.91. The Labute approximate surface area is 369 Å². The molecular formula is C44H44N14O7. The number of aromatic nitrogens is 8. The molecule has 6 heterocycles. The number of aryl methyl sites for hydroxylation is 3. The molecule has 0 atom stereocenters. The molecule has 65 heavy (non-hydrogen) atoms. The molecule has 0 aliphatic rings. The second kappa shape index (κ2) is 17.9. The van der Waals surface area contributed by atoms with Gasteiger partial charge in [-0.3, -0.25) is 34.1 Å². The molecule has 0 radical (unpaired) electrons. The molecule has 332 valence electrons. The van der Waals surface area contributed by atoms with E-state index in [-0.39, 0.29) is 60.4 Å². The number of para-hydroxylation sites is 4. The number of hydrogen-bond donors (Lipinski definition) is 6. The highest BCUT2D eigenvalue weighted by Gasteiger charge is 2.23. The van der Waals surface area contributed by atoms with Gasteiger partial charge >= 0.3 is 0 Å². The largest absolute Gasteiger partial charge is 0.351 e. The van der Waals surface area contributed by atoms with Crippen molar-refractivity contribution in [2.75, 3.05) is 22.5 Å². The topological polar surface area (TPSA) is 257 Å². The molecule has 6 aromatic heterocycles. The number of H-pyrrole nitrogens is 2. The summed E-state index contributed by atoms with van der Waals surface area (Å²) >= 11 is 0. The molecule has 2 aromatic carbocycles. The number of rotatable bonds is 16. The standard InChI is InChI=1S/C44H44N14O7/c1-53-21-26(47-43(62)36-20-28(58(64)65)23-55(36)3)18-34(53)42(61)46-27-19-35(54(2)22-27)44(63)52-39-16-15-33(56(39)4)41(60)45-17-9-14-40(59)57(24-37-48-29-10-5-6-11-30(29)49-37)25-38-50-31-12-7-8-13-32(31)51-38/h5-8,10-13,15-16,18-23H,9,14,17,24-25H2,1-4H3,(H,45,60)(H,46,61)(H,47,62)(H,48,49)(H,50,51)(H,52,63). The number of carbonyl (C=O) groups excluding carboxylic acids is 5. The van der Waals surface area contributed by atoms with Crippen LogP contribution in [0, 0.1) is 10.1 Å². The van der Waals surface area contributed by atoms with Gasteiger partial charge in [-0.15, -0.1) is 0 Å². The van der Waals surface area contributed by atoms with Gasteiger partial charge in [0.25, 0.3) is 29.3 Å². The van der Waals surface area contributed by atoms with Crippen molar-refractivity contribution >= 4 is 74.5 Å². The Hall–Kier alpha value is -8.75. The molecule has 0 saturated carbocycles. The summed E-state index contributed by atoms with van der Waals surface area (Å²) in [7, 11) is 6.40. The predicted octanol–water partition coefficient (Wildman–Crippen LogP) is 5.20. The summed E-state index contributed by atoms with van der Waals surface area (Å²) in [5.74, 6) is -0.520. The molecule has 0 aliphatic carbocycles. The van der Waals surface area contributed by atoms with Gasteiger partial charge in [-0.2, -0.15) is 0 Å². The lowest BCUT2D eigenvalue weighted by molar-refractivity contribution is -0.384. The van der Waals surface area contributed by atoms with E-state index in [1.165, 1.54) is 49.8 Å². The number of fused-ring (bicyclic) bond motifs is 2. The summed E-state index contributed by atoms with van der Waals surface area (Å²) in [6.45, 7) is 0.691. The van der Waals surface area contributed by atoms with Crippen LogP contribution in [0.2, 0.25) is 0 Å². The van der Waals surface area contributed by atoms with E-state index in [2.05, 4.69) is 41.2 Å². The minimum atomic E-state index is -0.596. The fraction of sp³-hybridized carbons (Fsp3) is 0.205. The Morgan fingerprint density at radius 1 is 0.646 bits per heavy atom. The van der Waals surface area contributed by atoms with Crippen molar-refractivity contribution in [2.45, 2.75) is 25.9 Å². The Kier molecular flexibility index (Phi) is 11.8. The predicted molar refractivity (Wildman–Crippen MR) is 240 cm³/mol. The van der Waals surface area contributed by atoms with Crippen molar-refractivity contribution in [3.8, 4) is 0 Å². The average molecular weight is 881 g/mol. The zero-order chi connectivity index (χ0) is 45.9. The van der Waals surface area contributed by atoms with Crippen LogP contribution < -0.4 is 21.3 Å². The van der Waals surface area contributed by atoms with Gasteiger partial charge in [0.05, 0.1) is 57.7 Å². The lowest BCUT2D eigenvalue weighted by Crippen LogP contribution is -2.32. The first-order valence-corrected chi connectivity index (χ1v) is 20.4. The van der Waals surface area contributed by atoms with Gasteiger partial charge in [0.2, 0.25) is 5.91 Å². The van der Waals surface area contributed by atoms with E-state index >= 15 is 0 Å². The maximum Gasteiger partial charge on any atom is 0.287 e. The van der Waals surface area contributed by atoms with Crippen LogP contribution in [0.15, 0.2) is 97.5 Å². The maximum atomic E-state index is 13.7. The molecular weight excluding hydrogens is 837 g/mol. The monoisotopic (exact) mass is 880 g/mol. The van der Waals surface area contributed by atoms with Crippen LogP contribution in [0.25, 0.3) is 22.1 Å². The highest BCUT2D eigenvalue weighted by Crippen LogP contribution is 2.22. The molecule has 0 bridgehead atoms. The van der Waals surface area contributed by atoms with E-state index in [1.807, 2.05) is 48.5 Å². The molecule has 5 amide bonds. The number of anilines is 3. The number of hydrogen-bond acceptors (Lipinski definition) is 9. The van der Waals surface area contributed by atoms with Gasteiger partial charge in [0, 0.05) is 59.6 Å². The first-order chi connectivity index (χ1) is 31.2. The molecule has 6 N–H and O–H groups in total. The van der Waals surface area contributed by atoms with Crippen LogP contribution in [-0.4, -0.2) is 84.1 Å². The summed E-state index contributed by atoms with van der Waals surface area (Å²) in [6.07, 6.45) is 4.84. The first-order valence-electron chi connectivity index (χ1n) is 20.4. The first kappa shape index (κ1) is 42.9. The third kappa shape index (κ3) is 9.38. The van der Waals surface area contributed by atoms with Crippen LogP contribution >= 0.6 is 0 Å². The number of carbonyl (C=O) groups is 5. The third-order valence-corrected chi connectivity index (χ3v) is 10.8. The molecule has 8 rings (SSSR count). The van der Waals surface area contributed by atoms with E-state index in [0.29, 0.717) is 35.3 Å². The maximum absolute atomic E-state index is 13.7. The fourth-order valence-electron chi connectivity index (χ4n) is 7.47. The van der Waals surface area contributed by atoms with Crippen molar-refractivity contribution < 1.29 is 28.9 Å². The molecule has 0 unspecified atom stereocenters. The van der Waals surface area contributed by atoms with Crippen molar-refractivity contribution in [1.29, 1.82) is 0 Å². The van der Waals surface area contributed by atoms with Gasteiger partial charge in [-0.1, -0.05) is 24.3 Å². The summed E-state index contributed by atoms with van der Waals surface area (Å²) in [5.41, 5.74) is 4.47. The molecule has 0 saturated heterocycles. The van der Waals surface area contributed by atoms with Crippen LogP contribution in [0.4, 0.5) is 22.9 Å². The Morgan fingerprint density at radius 3 is 1.68 bits per heavy atom. The second-order valence-electron chi connectivity index (χ2n) is 15.4. The summed E-state index contributed by atoms with van der Waals surface area (Å²) in [4.78, 5) is 94.6. The van der Waals surface area contributed by atoms with Gasteiger partial charge in [0.1, 0.15) is 40.2 Å². The number of amides is 5. The average Bonchev–Trinajstić information content (AvgIpc) is 4.14. The zero-order valence-corrected chi connectivity index (χ0v) is 35.7. The SMILES string of the molecule is Cn1cc(NC(=O)c2cc([N+](=O)[O-])cn2C)cc1C(=O)Nc1cc(C(=O)Nc2ccc(C(=O)NCCCC(=O)N(Cc3nc4ccccc4[nH]3)Cc3nc4ccccc4[nH]3)n2C)n(C)c1. The molecule has 8 aromatic rings. The highest BCUT2D eigenvalue weighted by molar-refractivity contribution is 6.08. The van der Waals surface area contributed by atoms with Crippen LogP contribution in [0.3, 0.4) is 0 Å². The van der Waals surface area contributed by atoms with Gasteiger partial charge in [-0.05, 0) is 55.0 Å². The van der Waals surface area contributed by atoms with Gasteiger partial charge in [-0.25, -0.2) is 9.97 Å². The van der Waals surface area contributed by atoms with Crippen LogP contribution in [0.5, 0.6) is 0 Å². The molecule has 0 aliphatic heterocycles. The number of benzene rings is 2. The quantitative estimate of drug-likeness (QED) is 0.0423. The van der Waals surface area contributed by atoms with E-state index in [4.69, 9.17) is 0 Å². The lowest BCUT2D eigenvalue weighted by atomic mass is 10.2. The summed E-state index contributed by atoms with van der Waals surface area (Å²) in [5, 5.41) is 22.2.